The number of hydrogen-bond acceptors (Lipinski definition) is 2. The Kier molecular flexibility index (Phi) is 4.86. The summed E-state index contributed by atoms with van der Waals surface area (Å²) in [6.07, 6.45) is 7.19. The minimum absolute atomic E-state index is 0.0896. The molecule has 1 aromatic rings. The number of nitrogens with one attached hydrogen (secondary N) is 1. The number of rotatable bonds is 5. The lowest BCUT2D eigenvalue weighted by molar-refractivity contribution is 0.0697. The molecule has 3 nitrogen and oxygen atoms in total. The van der Waals surface area contributed by atoms with Crippen molar-refractivity contribution in [3.63, 3.8) is 0 Å². The molecular weight excluding hydrogens is 238 g/mol. The monoisotopic (exact) mass is 251 g/mol. The van der Waals surface area contributed by atoms with Gasteiger partial charge in [0.05, 0.1) is 22.3 Å². The molecule has 0 heterocycles. The largest absolute Gasteiger partial charge is 0.478 e. The molecule has 0 aromatic heterocycles. The van der Waals surface area contributed by atoms with Crippen molar-refractivity contribution in [2.24, 2.45) is 0 Å². The van der Waals surface area contributed by atoms with Crippen molar-refractivity contribution in [2.45, 2.75) is 25.8 Å². The smallest absolute Gasteiger partial charge is 0.335 e. The van der Waals surface area contributed by atoms with E-state index < -0.39 is 5.97 Å². The van der Waals surface area contributed by atoms with Gasteiger partial charge in [-0.05, 0) is 24.6 Å². The van der Waals surface area contributed by atoms with Crippen LogP contribution in [0.2, 0.25) is 5.02 Å². The van der Waals surface area contributed by atoms with E-state index >= 15 is 0 Å². The van der Waals surface area contributed by atoms with Crippen LogP contribution in [0.25, 0.3) is 0 Å². The van der Waals surface area contributed by atoms with Crippen molar-refractivity contribution in [1.29, 1.82) is 0 Å². The molecule has 1 aromatic carbocycles. The highest BCUT2D eigenvalue weighted by molar-refractivity contribution is 6.33. The third-order valence-electron chi connectivity index (χ3n) is 2.32. The fourth-order valence-electron chi connectivity index (χ4n) is 1.44. The highest BCUT2D eigenvalue weighted by Crippen LogP contribution is 2.24. The molecule has 0 aliphatic rings. The van der Waals surface area contributed by atoms with E-state index in [1.807, 2.05) is 6.92 Å². The van der Waals surface area contributed by atoms with Gasteiger partial charge in [-0.15, -0.1) is 6.42 Å². The molecule has 1 rings (SSSR count). The van der Waals surface area contributed by atoms with Gasteiger partial charge in [-0.2, -0.15) is 0 Å². The fraction of sp³-hybridized carbons (Fsp3) is 0.308. The van der Waals surface area contributed by atoms with Crippen molar-refractivity contribution in [3.8, 4) is 12.3 Å². The van der Waals surface area contributed by atoms with E-state index in [0.717, 1.165) is 12.8 Å². The summed E-state index contributed by atoms with van der Waals surface area (Å²) >= 11 is 5.98. The molecular formula is C13H14ClNO2. The van der Waals surface area contributed by atoms with Gasteiger partial charge in [0.1, 0.15) is 0 Å². The first-order valence-corrected chi connectivity index (χ1v) is 5.71. The number of carboxylic acid groups (broad SMARTS) is 1. The average Bonchev–Trinajstić information content (AvgIpc) is 2.30. The van der Waals surface area contributed by atoms with Gasteiger partial charge in [-0.25, -0.2) is 4.79 Å². The number of terminal acetylenes is 1. The number of carboxylic acids is 1. The molecule has 4 heteroatoms. The van der Waals surface area contributed by atoms with Crippen LogP contribution in [0, 0.1) is 12.3 Å². The van der Waals surface area contributed by atoms with Crippen LogP contribution in [0.1, 0.15) is 30.1 Å². The van der Waals surface area contributed by atoms with Crippen LogP contribution >= 0.6 is 11.6 Å². The standard InChI is InChI=1S/C13H14ClNO2/c1-3-5-10(4-2)15-12-7-6-9(13(16)17)8-11(12)14/h2,6-8,10,15H,3,5H2,1H3,(H,16,17). The SMILES string of the molecule is C#CC(CCC)Nc1ccc(C(=O)O)cc1Cl. The second-order valence-corrected chi connectivity index (χ2v) is 4.06. The van der Waals surface area contributed by atoms with Crippen molar-refractivity contribution in [1.82, 2.24) is 0 Å². The van der Waals surface area contributed by atoms with Gasteiger partial charge in [0.25, 0.3) is 0 Å². The number of anilines is 1. The Bertz CT molecular complexity index is 451. The molecule has 17 heavy (non-hydrogen) atoms. The maximum absolute atomic E-state index is 10.7. The van der Waals surface area contributed by atoms with Crippen LogP contribution in [0.5, 0.6) is 0 Å². The zero-order valence-electron chi connectivity index (χ0n) is 9.53. The van der Waals surface area contributed by atoms with E-state index in [0.29, 0.717) is 10.7 Å². The van der Waals surface area contributed by atoms with Crippen LogP contribution in [0.3, 0.4) is 0 Å². The number of aromatic carboxylic acids is 1. The molecule has 1 unspecified atom stereocenters. The molecule has 0 bridgehead atoms. The van der Waals surface area contributed by atoms with Crippen LogP contribution in [0.15, 0.2) is 18.2 Å². The van der Waals surface area contributed by atoms with E-state index in [-0.39, 0.29) is 11.6 Å². The number of benzene rings is 1. The Morgan fingerprint density at radius 1 is 1.65 bits per heavy atom. The molecule has 90 valence electrons. The molecule has 0 spiro atoms. The van der Waals surface area contributed by atoms with Gasteiger partial charge in [-0.3, -0.25) is 0 Å². The van der Waals surface area contributed by atoms with E-state index in [9.17, 15) is 4.79 Å². The van der Waals surface area contributed by atoms with Crippen LogP contribution in [-0.2, 0) is 0 Å². The molecule has 0 aliphatic carbocycles. The Balaban J connectivity index is 2.86. The summed E-state index contributed by atoms with van der Waals surface area (Å²) in [4.78, 5) is 10.7. The highest BCUT2D eigenvalue weighted by atomic mass is 35.5. The highest BCUT2D eigenvalue weighted by Gasteiger charge is 2.09. The summed E-state index contributed by atoms with van der Waals surface area (Å²) in [5.41, 5.74) is 0.821. The molecule has 0 saturated carbocycles. The summed E-state index contributed by atoms with van der Waals surface area (Å²) in [5, 5.41) is 12.3. The molecule has 0 fully saturated rings. The van der Waals surface area contributed by atoms with E-state index in [4.69, 9.17) is 23.1 Å². The minimum Gasteiger partial charge on any atom is -0.478 e. The molecule has 2 N–H and O–H groups in total. The van der Waals surface area contributed by atoms with Gasteiger partial charge in [0.2, 0.25) is 0 Å². The van der Waals surface area contributed by atoms with Crippen molar-refractivity contribution in [2.75, 3.05) is 5.32 Å². The van der Waals surface area contributed by atoms with Gasteiger partial charge >= 0.3 is 5.97 Å². The molecule has 1 atom stereocenters. The predicted molar refractivity (Wildman–Crippen MR) is 69.6 cm³/mol. The maximum Gasteiger partial charge on any atom is 0.335 e. The average molecular weight is 252 g/mol. The van der Waals surface area contributed by atoms with E-state index in [1.165, 1.54) is 12.1 Å². The minimum atomic E-state index is -1.000. The summed E-state index contributed by atoms with van der Waals surface area (Å²) in [6.45, 7) is 2.04. The normalized spacial score (nSPS) is 11.6. The third kappa shape index (κ3) is 3.69. The van der Waals surface area contributed by atoms with Crippen LogP contribution in [-0.4, -0.2) is 17.1 Å². The lowest BCUT2D eigenvalue weighted by Crippen LogP contribution is -2.17. The first-order chi connectivity index (χ1) is 8.08. The molecule has 0 aliphatic heterocycles. The first-order valence-electron chi connectivity index (χ1n) is 5.34. The summed E-state index contributed by atoms with van der Waals surface area (Å²) < 4.78 is 0. The first kappa shape index (κ1) is 13.4. The number of hydrogen-bond donors (Lipinski definition) is 2. The van der Waals surface area contributed by atoms with E-state index in [2.05, 4.69) is 11.2 Å². The number of carbonyl (C=O) groups is 1. The van der Waals surface area contributed by atoms with Crippen molar-refractivity contribution < 1.29 is 9.90 Å². The van der Waals surface area contributed by atoms with Gasteiger partial charge in [-0.1, -0.05) is 30.9 Å². The Morgan fingerprint density at radius 3 is 2.82 bits per heavy atom. The topological polar surface area (TPSA) is 49.3 Å². The Hall–Kier alpha value is -1.66. The maximum atomic E-state index is 10.7. The summed E-state index contributed by atoms with van der Waals surface area (Å²) in [7, 11) is 0. The second kappa shape index (κ2) is 6.17. The zero-order chi connectivity index (χ0) is 12.8. The molecule has 0 radical (unpaired) electrons. The number of halogens is 1. The molecule has 0 amide bonds. The van der Waals surface area contributed by atoms with Crippen LogP contribution < -0.4 is 5.32 Å². The van der Waals surface area contributed by atoms with Gasteiger partial charge in [0.15, 0.2) is 0 Å². The Morgan fingerprint density at radius 2 is 2.35 bits per heavy atom. The predicted octanol–water partition coefficient (Wildman–Crippen LogP) is 3.25. The lowest BCUT2D eigenvalue weighted by Gasteiger charge is -2.14. The Labute approximate surface area is 106 Å². The van der Waals surface area contributed by atoms with Gasteiger partial charge < -0.3 is 10.4 Å². The molecule has 0 saturated heterocycles. The lowest BCUT2D eigenvalue weighted by atomic mass is 10.1. The summed E-state index contributed by atoms with van der Waals surface area (Å²) in [5.74, 6) is 1.63. The van der Waals surface area contributed by atoms with Crippen molar-refractivity contribution in [3.05, 3.63) is 28.8 Å². The van der Waals surface area contributed by atoms with E-state index in [1.54, 1.807) is 6.07 Å². The van der Waals surface area contributed by atoms with Gasteiger partial charge in [0, 0.05) is 0 Å². The fourth-order valence-corrected chi connectivity index (χ4v) is 1.67. The quantitative estimate of drug-likeness (QED) is 0.790. The second-order valence-electron chi connectivity index (χ2n) is 3.65. The zero-order valence-corrected chi connectivity index (χ0v) is 10.3. The van der Waals surface area contributed by atoms with Crippen LogP contribution in [0.4, 0.5) is 5.69 Å². The van der Waals surface area contributed by atoms with Crippen molar-refractivity contribution >= 4 is 23.3 Å². The third-order valence-corrected chi connectivity index (χ3v) is 2.64. The summed E-state index contributed by atoms with van der Waals surface area (Å²) in [6, 6.07) is 4.45.